The van der Waals surface area contributed by atoms with Gasteiger partial charge in [0.15, 0.2) is 0 Å². The van der Waals surface area contributed by atoms with E-state index in [1.807, 2.05) is 31.2 Å². The van der Waals surface area contributed by atoms with Gasteiger partial charge < -0.3 is 5.73 Å². The molecule has 2 nitrogen and oxygen atoms in total. The number of nitrogens with two attached hydrogens (primary N) is 1. The maximum atomic E-state index is 11.8. The normalized spacial score (nSPS) is 14.6. The Kier molecular flexibility index (Phi) is 4.50. The predicted octanol–water partition coefficient (Wildman–Crippen LogP) is 3.00. The summed E-state index contributed by atoms with van der Waals surface area (Å²) >= 11 is 0. The van der Waals surface area contributed by atoms with Crippen LogP contribution in [0.4, 0.5) is 0 Å². The summed E-state index contributed by atoms with van der Waals surface area (Å²) in [5.74, 6) is 1.28. The molecule has 0 aliphatic carbocycles. The van der Waals surface area contributed by atoms with Crippen molar-refractivity contribution in [3.05, 3.63) is 48.0 Å². The summed E-state index contributed by atoms with van der Waals surface area (Å²) in [5, 5.41) is 2.35. The highest BCUT2D eigenvalue weighted by Crippen LogP contribution is 2.23. The van der Waals surface area contributed by atoms with Gasteiger partial charge in [-0.3, -0.25) is 4.21 Å². The van der Waals surface area contributed by atoms with Crippen LogP contribution in [0.2, 0.25) is 0 Å². The fraction of sp³-hybridized carbons (Fsp3) is 0.333. The van der Waals surface area contributed by atoms with Crippen molar-refractivity contribution in [1.82, 2.24) is 0 Å². The van der Waals surface area contributed by atoms with Gasteiger partial charge in [0.2, 0.25) is 0 Å². The van der Waals surface area contributed by atoms with Gasteiger partial charge in [-0.1, -0.05) is 49.4 Å². The molecule has 18 heavy (non-hydrogen) atoms. The van der Waals surface area contributed by atoms with Crippen LogP contribution in [-0.2, 0) is 10.8 Å². The Bertz CT molecular complexity index is 548. The molecule has 0 saturated carbocycles. The van der Waals surface area contributed by atoms with E-state index in [9.17, 15) is 4.21 Å². The fourth-order valence-corrected chi connectivity index (χ4v) is 3.38. The quantitative estimate of drug-likeness (QED) is 0.899. The lowest BCUT2D eigenvalue weighted by atomic mass is 10.0. The molecule has 0 aliphatic heterocycles. The van der Waals surface area contributed by atoms with Crippen molar-refractivity contribution in [1.29, 1.82) is 0 Å². The minimum Gasteiger partial charge on any atom is -0.323 e. The minimum atomic E-state index is -0.819. The van der Waals surface area contributed by atoms with Crippen molar-refractivity contribution in [3.63, 3.8) is 0 Å². The van der Waals surface area contributed by atoms with Crippen molar-refractivity contribution < 1.29 is 4.21 Å². The smallest absolute Gasteiger partial charge is 0.0428 e. The summed E-state index contributed by atoms with van der Waals surface area (Å²) in [6, 6.07) is 14.2. The van der Waals surface area contributed by atoms with Crippen molar-refractivity contribution in [2.24, 2.45) is 5.73 Å². The van der Waals surface area contributed by atoms with Gasteiger partial charge in [-0.2, -0.15) is 0 Å². The van der Waals surface area contributed by atoms with Crippen LogP contribution < -0.4 is 5.73 Å². The molecule has 2 aromatic carbocycles. The van der Waals surface area contributed by atoms with Crippen LogP contribution in [0.15, 0.2) is 42.5 Å². The van der Waals surface area contributed by atoms with Crippen LogP contribution in [-0.4, -0.2) is 15.7 Å². The monoisotopic (exact) mass is 261 g/mol. The zero-order valence-electron chi connectivity index (χ0n) is 10.6. The van der Waals surface area contributed by atoms with Crippen molar-refractivity contribution in [2.75, 3.05) is 11.5 Å². The molecule has 0 saturated heterocycles. The van der Waals surface area contributed by atoms with Crippen LogP contribution in [0.3, 0.4) is 0 Å². The van der Waals surface area contributed by atoms with Gasteiger partial charge in [0.05, 0.1) is 0 Å². The molecule has 0 fully saturated rings. The first-order chi connectivity index (χ1) is 8.72. The Morgan fingerprint density at radius 1 is 1.17 bits per heavy atom. The van der Waals surface area contributed by atoms with E-state index in [4.69, 9.17) is 5.73 Å². The predicted molar refractivity (Wildman–Crippen MR) is 79.0 cm³/mol. The molecule has 2 unspecified atom stereocenters. The van der Waals surface area contributed by atoms with Crippen LogP contribution in [0.25, 0.3) is 10.8 Å². The van der Waals surface area contributed by atoms with Gasteiger partial charge in [0.25, 0.3) is 0 Å². The molecule has 0 spiro atoms. The second kappa shape index (κ2) is 6.12. The summed E-state index contributed by atoms with van der Waals surface area (Å²) < 4.78 is 11.8. The molecule has 0 heterocycles. The summed E-state index contributed by atoms with van der Waals surface area (Å²) in [5.41, 5.74) is 7.29. The number of fused-ring (bicyclic) bond motifs is 1. The van der Waals surface area contributed by atoms with Gasteiger partial charge >= 0.3 is 0 Å². The van der Waals surface area contributed by atoms with Crippen LogP contribution in [0.1, 0.15) is 24.9 Å². The van der Waals surface area contributed by atoms with E-state index in [2.05, 4.69) is 18.2 Å². The molecule has 2 atom stereocenters. The second-order valence-electron chi connectivity index (χ2n) is 4.49. The average Bonchev–Trinajstić information content (AvgIpc) is 2.38. The summed E-state index contributed by atoms with van der Waals surface area (Å²) in [7, 11) is -0.819. The Hall–Kier alpha value is -1.19. The summed E-state index contributed by atoms with van der Waals surface area (Å²) in [6.07, 6.45) is 0.939. The molecule has 0 aromatic heterocycles. The minimum absolute atomic E-state index is 0.150. The molecule has 0 aliphatic rings. The van der Waals surface area contributed by atoms with Gasteiger partial charge in [-0.05, 0) is 22.8 Å². The Balaban J connectivity index is 2.27. The van der Waals surface area contributed by atoms with Crippen molar-refractivity contribution in [2.45, 2.75) is 19.4 Å². The molecule has 0 bridgehead atoms. The molecule has 2 N–H and O–H groups in total. The lowest BCUT2D eigenvalue weighted by molar-refractivity contribution is 0.674. The Morgan fingerprint density at radius 3 is 2.67 bits per heavy atom. The highest BCUT2D eigenvalue weighted by Gasteiger charge is 2.12. The van der Waals surface area contributed by atoms with Gasteiger partial charge in [0, 0.05) is 28.3 Å². The molecule has 3 heteroatoms. The first-order valence-corrected chi connectivity index (χ1v) is 7.79. The van der Waals surface area contributed by atoms with Gasteiger partial charge in [0.1, 0.15) is 0 Å². The number of hydrogen-bond donors (Lipinski definition) is 1. The first-order valence-electron chi connectivity index (χ1n) is 6.30. The lowest BCUT2D eigenvalue weighted by Crippen LogP contribution is -2.19. The van der Waals surface area contributed by atoms with Crippen LogP contribution in [0, 0.1) is 0 Å². The topological polar surface area (TPSA) is 43.1 Å². The van der Waals surface area contributed by atoms with E-state index < -0.39 is 10.8 Å². The summed E-state index contributed by atoms with van der Waals surface area (Å²) in [4.78, 5) is 0. The number of hydrogen-bond acceptors (Lipinski definition) is 2. The fourth-order valence-electron chi connectivity index (χ4n) is 2.17. The molecular weight excluding hydrogens is 242 g/mol. The van der Waals surface area contributed by atoms with Crippen LogP contribution in [0.5, 0.6) is 0 Å². The third-order valence-electron chi connectivity index (χ3n) is 3.02. The molecule has 0 radical (unpaired) electrons. The van der Waals surface area contributed by atoms with E-state index in [1.165, 1.54) is 10.8 Å². The standard InChI is InChI=1S/C15H19NOS/c1-2-10-18(17)11-15(16)14-9-5-7-12-6-3-4-8-13(12)14/h3-9,15H,2,10-11,16H2,1H3. The SMILES string of the molecule is CCCS(=O)CC(N)c1cccc2ccccc12. The van der Waals surface area contributed by atoms with E-state index in [1.54, 1.807) is 0 Å². The molecular formula is C15H19NOS. The van der Waals surface area contributed by atoms with E-state index in [-0.39, 0.29) is 6.04 Å². The summed E-state index contributed by atoms with van der Waals surface area (Å²) in [6.45, 7) is 2.04. The van der Waals surface area contributed by atoms with Gasteiger partial charge in [-0.15, -0.1) is 0 Å². The van der Waals surface area contributed by atoms with E-state index in [0.717, 1.165) is 17.7 Å². The largest absolute Gasteiger partial charge is 0.323 e. The molecule has 96 valence electrons. The maximum absolute atomic E-state index is 11.8. The average molecular weight is 261 g/mol. The first kappa shape index (κ1) is 13.2. The maximum Gasteiger partial charge on any atom is 0.0428 e. The highest BCUT2D eigenvalue weighted by molar-refractivity contribution is 7.85. The highest BCUT2D eigenvalue weighted by atomic mass is 32.2. The van der Waals surface area contributed by atoms with Crippen LogP contribution >= 0.6 is 0 Å². The molecule has 2 aromatic rings. The zero-order chi connectivity index (χ0) is 13.0. The van der Waals surface area contributed by atoms with Gasteiger partial charge in [-0.25, -0.2) is 0 Å². The third kappa shape index (κ3) is 2.98. The molecule has 0 amide bonds. The Labute approximate surface area is 111 Å². The van der Waals surface area contributed by atoms with E-state index >= 15 is 0 Å². The second-order valence-corrected chi connectivity index (χ2v) is 6.11. The van der Waals surface area contributed by atoms with Crippen molar-refractivity contribution >= 4 is 21.6 Å². The molecule has 2 rings (SSSR count). The zero-order valence-corrected chi connectivity index (χ0v) is 11.5. The Morgan fingerprint density at radius 2 is 1.89 bits per heavy atom. The third-order valence-corrected chi connectivity index (χ3v) is 4.61. The van der Waals surface area contributed by atoms with E-state index in [0.29, 0.717) is 5.75 Å². The van der Waals surface area contributed by atoms with Crippen molar-refractivity contribution in [3.8, 4) is 0 Å². The number of benzene rings is 2. The lowest BCUT2D eigenvalue weighted by Gasteiger charge is -2.14. The number of rotatable bonds is 5.